The molecule has 26 heavy (non-hydrogen) atoms. The lowest BCUT2D eigenvalue weighted by Crippen LogP contribution is -2.38. The number of benzene rings is 2. The molecule has 3 nitrogen and oxygen atoms in total. The third-order valence-corrected chi connectivity index (χ3v) is 4.93. The number of rotatable bonds is 3. The minimum absolute atomic E-state index is 0.186. The zero-order valence-electron chi connectivity index (χ0n) is 14.9. The molecule has 2 aromatic carbocycles. The molecule has 1 aliphatic rings. The summed E-state index contributed by atoms with van der Waals surface area (Å²) in [5.41, 5.74) is 2.72. The first-order valence-corrected chi connectivity index (χ1v) is 9.23. The number of fused-ring (bicyclic) bond motifs is 1. The lowest BCUT2D eigenvalue weighted by Gasteiger charge is -2.34. The number of aromatic nitrogens is 1. The van der Waals surface area contributed by atoms with E-state index in [0.717, 1.165) is 29.3 Å². The van der Waals surface area contributed by atoms with Crippen molar-refractivity contribution in [3.8, 4) is 0 Å². The number of halogens is 1. The first-order valence-electron chi connectivity index (χ1n) is 8.86. The van der Waals surface area contributed by atoms with Crippen LogP contribution in [0.25, 0.3) is 10.9 Å². The fourth-order valence-electron chi connectivity index (χ4n) is 3.49. The van der Waals surface area contributed by atoms with E-state index in [-0.39, 0.29) is 11.6 Å². The Morgan fingerprint density at radius 2 is 1.92 bits per heavy atom. The van der Waals surface area contributed by atoms with E-state index >= 15 is 0 Å². The van der Waals surface area contributed by atoms with Gasteiger partial charge in [-0.05, 0) is 38.0 Å². The monoisotopic (exact) mass is 364 g/mol. The molecule has 1 aliphatic heterocycles. The minimum Gasteiger partial charge on any atom is -0.471 e. The average Bonchev–Trinajstić information content (AvgIpc) is 2.61. The summed E-state index contributed by atoms with van der Waals surface area (Å²) in [6.45, 7) is 4.23. The smallest absolute Gasteiger partial charge is 0.218 e. The highest BCUT2D eigenvalue weighted by Gasteiger charge is 2.32. The summed E-state index contributed by atoms with van der Waals surface area (Å²) in [6, 6.07) is 18.5. The fourth-order valence-corrected chi connectivity index (χ4v) is 3.72. The first-order chi connectivity index (χ1) is 12.5. The Kier molecular flexibility index (Phi) is 4.41. The van der Waals surface area contributed by atoms with Gasteiger partial charge in [0.1, 0.15) is 5.60 Å². The van der Waals surface area contributed by atoms with Crippen molar-refractivity contribution < 1.29 is 4.74 Å². The SMILES string of the molecule is CC1(C)CC(Cc2ccccc2)N=C(c2cnc3c(Cl)cccc3c2)O1. The van der Waals surface area contributed by atoms with Gasteiger partial charge in [-0.3, -0.25) is 4.98 Å². The highest BCUT2D eigenvalue weighted by Crippen LogP contribution is 2.29. The summed E-state index contributed by atoms with van der Waals surface area (Å²) in [5.74, 6) is 0.663. The molecule has 4 rings (SSSR count). The molecule has 0 spiro atoms. The van der Waals surface area contributed by atoms with Gasteiger partial charge in [0.25, 0.3) is 0 Å². The summed E-state index contributed by atoms with van der Waals surface area (Å²) in [7, 11) is 0. The zero-order valence-corrected chi connectivity index (χ0v) is 15.7. The highest BCUT2D eigenvalue weighted by molar-refractivity contribution is 6.35. The van der Waals surface area contributed by atoms with Crippen LogP contribution in [0.1, 0.15) is 31.4 Å². The number of nitrogens with zero attached hydrogens (tertiary/aromatic N) is 2. The second kappa shape index (κ2) is 6.73. The van der Waals surface area contributed by atoms with Gasteiger partial charge in [-0.15, -0.1) is 0 Å². The number of para-hydroxylation sites is 1. The maximum atomic E-state index is 6.23. The van der Waals surface area contributed by atoms with Gasteiger partial charge < -0.3 is 4.74 Å². The van der Waals surface area contributed by atoms with Crippen LogP contribution in [0.3, 0.4) is 0 Å². The summed E-state index contributed by atoms with van der Waals surface area (Å²) in [4.78, 5) is 9.41. The third kappa shape index (κ3) is 3.58. The standard InChI is InChI=1S/C22H21ClN2O/c1-22(2)13-18(11-15-7-4-3-5-8-15)25-21(26-22)17-12-16-9-6-10-19(23)20(16)24-14-17/h3-10,12,14,18H,11,13H2,1-2H3. The Bertz CT molecular complexity index is 966. The molecule has 2 heterocycles. The lowest BCUT2D eigenvalue weighted by molar-refractivity contribution is 0.0634. The topological polar surface area (TPSA) is 34.5 Å². The average molecular weight is 365 g/mol. The van der Waals surface area contributed by atoms with Crippen LogP contribution in [0.4, 0.5) is 0 Å². The molecular weight excluding hydrogens is 344 g/mol. The van der Waals surface area contributed by atoms with Crippen molar-refractivity contribution >= 4 is 28.4 Å². The van der Waals surface area contributed by atoms with Crippen molar-refractivity contribution in [2.45, 2.75) is 38.3 Å². The van der Waals surface area contributed by atoms with Crippen LogP contribution in [0.15, 0.2) is 65.8 Å². The summed E-state index contributed by atoms with van der Waals surface area (Å²) < 4.78 is 6.18. The van der Waals surface area contributed by atoms with Crippen LogP contribution in [0.5, 0.6) is 0 Å². The normalized spacial score (nSPS) is 19.0. The third-order valence-electron chi connectivity index (χ3n) is 4.62. The van der Waals surface area contributed by atoms with Gasteiger partial charge in [0.15, 0.2) is 0 Å². The van der Waals surface area contributed by atoms with Gasteiger partial charge in [0.05, 0.1) is 22.1 Å². The van der Waals surface area contributed by atoms with Crippen LogP contribution < -0.4 is 0 Å². The van der Waals surface area contributed by atoms with Gasteiger partial charge in [-0.25, -0.2) is 4.99 Å². The zero-order chi connectivity index (χ0) is 18.1. The second-order valence-corrected chi connectivity index (χ2v) is 7.79. The Labute approximate surface area is 158 Å². The van der Waals surface area contributed by atoms with Crippen molar-refractivity contribution in [1.29, 1.82) is 0 Å². The molecule has 1 atom stereocenters. The van der Waals surface area contributed by atoms with E-state index in [4.69, 9.17) is 21.3 Å². The molecule has 0 saturated heterocycles. The Balaban J connectivity index is 1.69. The van der Waals surface area contributed by atoms with Crippen LogP contribution in [0, 0.1) is 0 Å². The molecule has 0 N–H and O–H groups in total. The molecule has 3 aromatic rings. The molecule has 1 aromatic heterocycles. The lowest BCUT2D eigenvalue weighted by atomic mass is 9.93. The summed E-state index contributed by atoms with van der Waals surface area (Å²) in [5, 5.41) is 1.65. The summed E-state index contributed by atoms with van der Waals surface area (Å²) in [6.07, 6.45) is 3.59. The molecule has 132 valence electrons. The van der Waals surface area contributed by atoms with Crippen molar-refractivity contribution in [3.05, 3.63) is 76.9 Å². The Morgan fingerprint density at radius 3 is 2.73 bits per heavy atom. The maximum absolute atomic E-state index is 6.23. The van der Waals surface area contributed by atoms with Crippen molar-refractivity contribution in [1.82, 2.24) is 4.98 Å². The predicted octanol–water partition coefficient (Wildman–Crippen LogP) is 5.45. The van der Waals surface area contributed by atoms with E-state index in [2.05, 4.69) is 43.1 Å². The number of pyridine rings is 1. The molecule has 0 saturated carbocycles. The van der Waals surface area contributed by atoms with E-state index in [1.807, 2.05) is 30.3 Å². The van der Waals surface area contributed by atoms with E-state index in [0.29, 0.717) is 10.9 Å². The second-order valence-electron chi connectivity index (χ2n) is 7.38. The van der Waals surface area contributed by atoms with E-state index in [1.54, 1.807) is 6.20 Å². The van der Waals surface area contributed by atoms with E-state index in [9.17, 15) is 0 Å². The molecule has 4 heteroatoms. The Hall–Kier alpha value is -2.39. The number of ether oxygens (including phenoxy) is 1. The molecule has 1 unspecified atom stereocenters. The quantitative estimate of drug-likeness (QED) is 0.619. The van der Waals surface area contributed by atoms with E-state index < -0.39 is 0 Å². The van der Waals surface area contributed by atoms with Gasteiger partial charge in [-0.2, -0.15) is 0 Å². The Morgan fingerprint density at radius 1 is 1.12 bits per heavy atom. The van der Waals surface area contributed by atoms with Crippen LogP contribution in [-0.2, 0) is 11.2 Å². The molecular formula is C22H21ClN2O. The minimum atomic E-state index is -0.264. The van der Waals surface area contributed by atoms with Gasteiger partial charge in [-0.1, -0.05) is 54.1 Å². The number of hydrogen-bond donors (Lipinski definition) is 0. The first kappa shape index (κ1) is 17.0. The van der Waals surface area contributed by atoms with Crippen molar-refractivity contribution in [3.63, 3.8) is 0 Å². The number of hydrogen-bond acceptors (Lipinski definition) is 3. The van der Waals surface area contributed by atoms with Gasteiger partial charge in [0, 0.05) is 18.0 Å². The van der Waals surface area contributed by atoms with Crippen LogP contribution in [-0.4, -0.2) is 22.5 Å². The maximum Gasteiger partial charge on any atom is 0.218 e. The predicted molar refractivity (Wildman–Crippen MR) is 107 cm³/mol. The van der Waals surface area contributed by atoms with Crippen LogP contribution >= 0.6 is 11.6 Å². The summed E-state index contributed by atoms with van der Waals surface area (Å²) >= 11 is 6.23. The van der Waals surface area contributed by atoms with E-state index in [1.165, 1.54) is 5.56 Å². The van der Waals surface area contributed by atoms with Crippen molar-refractivity contribution in [2.24, 2.45) is 4.99 Å². The van der Waals surface area contributed by atoms with Crippen LogP contribution in [0.2, 0.25) is 5.02 Å². The highest BCUT2D eigenvalue weighted by atomic mass is 35.5. The molecule has 0 aliphatic carbocycles. The van der Waals surface area contributed by atoms with Gasteiger partial charge >= 0.3 is 0 Å². The molecule has 0 fully saturated rings. The number of aliphatic imine (C=N–C) groups is 1. The molecule has 0 radical (unpaired) electrons. The van der Waals surface area contributed by atoms with Gasteiger partial charge in [0.2, 0.25) is 5.90 Å². The molecule has 0 bridgehead atoms. The van der Waals surface area contributed by atoms with Crippen molar-refractivity contribution in [2.75, 3.05) is 0 Å². The fraction of sp³-hybridized carbons (Fsp3) is 0.273. The molecule has 0 amide bonds. The largest absolute Gasteiger partial charge is 0.471 e.